The summed E-state index contributed by atoms with van der Waals surface area (Å²) in [7, 11) is 0. The maximum Gasteiger partial charge on any atom is 0.304 e. The van der Waals surface area contributed by atoms with Crippen LogP contribution in [0.3, 0.4) is 0 Å². The molecule has 1 aromatic heterocycles. The number of ether oxygens (including phenoxy) is 1. The fourth-order valence-electron chi connectivity index (χ4n) is 2.06. The van der Waals surface area contributed by atoms with Crippen molar-refractivity contribution in [3.63, 3.8) is 0 Å². The minimum absolute atomic E-state index is 0.0770. The molecule has 1 unspecified atom stereocenters. The average Bonchev–Trinajstić information content (AvgIpc) is 2.51. The summed E-state index contributed by atoms with van der Waals surface area (Å²) in [6.45, 7) is 2.41. The van der Waals surface area contributed by atoms with Gasteiger partial charge in [0.15, 0.2) is 0 Å². The van der Waals surface area contributed by atoms with Crippen molar-refractivity contribution in [1.82, 2.24) is 4.98 Å². The van der Waals surface area contributed by atoms with Crippen LogP contribution in [-0.4, -0.2) is 33.7 Å². The smallest absolute Gasteiger partial charge is 0.304 e. The first-order chi connectivity index (χ1) is 10.6. The molecule has 0 amide bonds. The summed E-state index contributed by atoms with van der Waals surface area (Å²) < 4.78 is 5.83. The Labute approximate surface area is 138 Å². The first-order valence-electron chi connectivity index (χ1n) is 7.11. The van der Waals surface area contributed by atoms with Crippen LogP contribution in [0.15, 0.2) is 30.5 Å². The number of fused-ring (bicyclic) bond motifs is 1. The quantitative estimate of drug-likeness (QED) is 0.779. The zero-order valence-corrected chi connectivity index (χ0v) is 13.9. The van der Waals surface area contributed by atoms with E-state index >= 15 is 0 Å². The first kappa shape index (κ1) is 16.9. The largest absolute Gasteiger partial charge is 0.490 e. The Morgan fingerprint density at radius 1 is 1.45 bits per heavy atom. The van der Waals surface area contributed by atoms with Crippen molar-refractivity contribution in [3.05, 3.63) is 35.5 Å². The van der Waals surface area contributed by atoms with Crippen molar-refractivity contribution in [3.8, 4) is 5.75 Å². The highest BCUT2D eigenvalue weighted by Gasteiger charge is 2.15. The van der Waals surface area contributed by atoms with Gasteiger partial charge >= 0.3 is 5.97 Å². The van der Waals surface area contributed by atoms with Gasteiger partial charge in [0.05, 0.1) is 11.4 Å². The average molecular weight is 340 g/mol. The Morgan fingerprint density at radius 2 is 2.27 bits per heavy atom. The minimum Gasteiger partial charge on any atom is -0.490 e. The summed E-state index contributed by atoms with van der Waals surface area (Å²) in [6.07, 6.45) is 2.78. The van der Waals surface area contributed by atoms with Crippen LogP contribution in [-0.2, 0) is 4.79 Å². The molecule has 22 heavy (non-hydrogen) atoms. The fourth-order valence-corrected chi connectivity index (χ4v) is 3.27. The molecule has 1 N–H and O–H groups in total. The van der Waals surface area contributed by atoms with Crippen LogP contribution < -0.4 is 4.74 Å². The number of carboxylic acid groups (broad SMARTS) is 1. The highest BCUT2D eigenvalue weighted by molar-refractivity contribution is 7.99. The lowest BCUT2D eigenvalue weighted by molar-refractivity contribution is -0.137. The maximum atomic E-state index is 10.9. The number of aromatic nitrogens is 1. The number of aliphatic carboxylic acids is 1. The molecular formula is C16H18ClNO3S. The van der Waals surface area contributed by atoms with Gasteiger partial charge in [-0.15, -0.1) is 0 Å². The molecule has 0 radical (unpaired) electrons. The standard InChI is InChI=1S/C16H18ClNO3S/c1-2-8-22-11(9-15(19)20)10-21-14-6-5-13(17)12-4-3-7-18-16(12)14/h3-7,11H,2,8-10H2,1H3,(H,19,20). The number of pyridine rings is 1. The Morgan fingerprint density at radius 3 is 3.00 bits per heavy atom. The summed E-state index contributed by atoms with van der Waals surface area (Å²) in [5.41, 5.74) is 0.699. The fraction of sp³-hybridized carbons (Fsp3) is 0.375. The molecule has 0 bridgehead atoms. The van der Waals surface area contributed by atoms with Crippen LogP contribution >= 0.6 is 23.4 Å². The number of carbonyl (C=O) groups is 1. The predicted octanol–water partition coefficient (Wildman–Crippen LogP) is 4.25. The Hall–Kier alpha value is -1.46. The van der Waals surface area contributed by atoms with Crippen molar-refractivity contribution in [2.75, 3.05) is 12.4 Å². The molecule has 1 atom stereocenters. The molecule has 2 aromatic rings. The number of thioether (sulfide) groups is 1. The van der Waals surface area contributed by atoms with Crippen LogP contribution in [0.25, 0.3) is 10.9 Å². The molecule has 118 valence electrons. The first-order valence-corrected chi connectivity index (χ1v) is 8.54. The van der Waals surface area contributed by atoms with Gasteiger partial charge < -0.3 is 9.84 Å². The van der Waals surface area contributed by atoms with Crippen LogP contribution in [0, 0.1) is 0 Å². The van der Waals surface area contributed by atoms with Crippen LogP contribution in [0.2, 0.25) is 5.02 Å². The number of nitrogens with zero attached hydrogens (tertiary/aromatic N) is 1. The Bertz CT molecular complexity index is 650. The second kappa shape index (κ2) is 8.25. The number of carboxylic acids is 1. The normalized spacial score (nSPS) is 12.3. The van der Waals surface area contributed by atoms with Crippen LogP contribution in [0.4, 0.5) is 0 Å². The second-order valence-electron chi connectivity index (χ2n) is 4.85. The van der Waals surface area contributed by atoms with Crippen LogP contribution in [0.5, 0.6) is 5.75 Å². The van der Waals surface area contributed by atoms with Gasteiger partial charge in [-0.05, 0) is 36.4 Å². The molecule has 4 nitrogen and oxygen atoms in total. The Balaban J connectivity index is 2.12. The van der Waals surface area contributed by atoms with Gasteiger partial charge in [0.25, 0.3) is 0 Å². The monoisotopic (exact) mass is 339 g/mol. The van der Waals surface area contributed by atoms with E-state index in [1.165, 1.54) is 0 Å². The SMILES string of the molecule is CCCSC(COc1ccc(Cl)c2cccnc12)CC(=O)O. The van der Waals surface area contributed by atoms with E-state index in [4.69, 9.17) is 21.4 Å². The summed E-state index contributed by atoms with van der Waals surface area (Å²) in [5, 5.41) is 10.4. The lowest BCUT2D eigenvalue weighted by atomic mass is 10.2. The van der Waals surface area contributed by atoms with E-state index in [0.29, 0.717) is 22.9 Å². The van der Waals surface area contributed by atoms with E-state index < -0.39 is 5.97 Å². The van der Waals surface area contributed by atoms with E-state index in [1.54, 1.807) is 30.1 Å². The molecule has 0 fully saturated rings. The molecule has 0 aliphatic carbocycles. The highest BCUT2D eigenvalue weighted by atomic mass is 35.5. The van der Waals surface area contributed by atoms with Crippen molar-refractivity contribution < 1.29 is 14.6 Å². The van der Waals surface area contributed by atoms with E-state index in [-0.39, 0.29) is 11.7 Å². The molecule has 0 saturated heterocycles. The number of benzene rings is 1. The van der Waals surface area contributed by atoms with Gasteiger partial charge in [0.2, 0.25) is 0 Å². The lowest BCUT2D eigenvalue weighted by Gasteiger charge is -2.16. The molecule has 0 spiro atoms. The topological polar surface area (TPSA) is 59.4 Å². The third-order valence-corrected chi connectivity index (χ3v) is 4.81. The number of rotatable bonds is 8. The molecule has 1 aromatic carbocycles. The number of halogens is 1. The molecule has 0 aliphatic rings. The maximum absolute atomic E-state index is 10.9. The zero-order valence-electron chi connectivity index (χ0n) is 12.3. The predicted molar refractivity (Wildman–Crippen MR) is 91.0 cm³/mol. The molecule has 2 rings (SSSR count). The summed E-state index contributed by atoms with van der Waals surface area (Å²) in [6, 6.07) is 7.26. The minimum atomic E-state index is -0.809. The number of hydrogen-bond donors (Lipinski definition) is 1. The second-order valence-corrected chi connectivity index (χ2v) is 6.66. The molecule has 6 heteroatoms. The van der Waals surface area contributed by atoms with Gasteiger partial charge in [-0.25, -0.2) is 0 Å². The van der Waals surface area contributed by atoms with Gasteiger partial charge in [-0.3, -0.25) is 9.78 Å². The molecule has 0 aliphatic heterocycles. The number of hydrogen-bond acceptors (Lipinski definition) is 4. The van der Waals surface area contributed by atoms with Crippen molar-refractivity contribution in [1.29, 1.82) is 0 Å². The summed E-state index contributed by atoms with van der Waals surface area (Å²) in [5.74, 6) is 0.741. The summed E-state index contributed by atoms with van der Waals surface area (Å²) >= 11 is 7.78. The zero-order chi connectivity index (χ0) is 15.9. The van der Waals surface area contributed by atoms with E-state index in [1.807, 2.05) is 12.1 Å². The van der Waals surface area contributed by atoms with Gasteiger partial charge in [-0.1, -0.05) is 18.5 Å². The third kappa shape index (κ3) is 4.52. The van der Waals surface area contributed by atoms with Gasteiger partial charge in [0.1, 0.15) is 17.9 Å². The summed E-state index contributed by atoms with van der Waals surface area (Å²) in [4.78, 5) is 15.3. The lowest BCUT2D eigenvalue weighted by Crippen LogP contribution is -2.19. The molecule has 1 heterocycles. The van der Waals surface area contributed by atoms with E-state index in [2.05, 4.69) is 11.9 Å². The van der Waals surface area contributed by atoms with Crippen molar-refractivity contribution in [2.45, 2.75) is 25.0 Å². The van der Waals surface area contributed by atoms with E-state index in [9.17, 15) is 4.79 Å². The van der Waals surface area contributed by atoms with Crippen molar-refractivity contribution >= 4 is 40.2 Å². The highest BCUT2D eigenvalue weighted by Crippen LogP contribution is 2.30. The van der Waals surface area contributed by atoms with Crippen LogP contribution in [0.1, 0.15) is 19.8 Å². The molecule has 0 saturated carbocycles. The van der Waals surface area contributed by atoms with Gasteiger partial charge in [0, 0.05) is 16.8 Å². The third-order valence-electron chi connectivity index (χ3n) is 3.06. The van der Waals surface area contributed by atoms with Crippen molar-refractivity contribution in [2.24, 2.45) is 0 Å². The Kier molecular flexibility index (Phi) is 6.34. The van der Waals surface area contributed by atoms with Gasteiger partial charge in [-0.2, -0.15) is 11.8 Å². The van der Waals surface area contributed by atoms with E-state index in [0.717, 1.165) is 17.6 Å². The molecular weight excluding hydrogens is 322 g/mol.